The Hall–Kier alpha value is -1.25. The van der Waals surface area contributed by atoms with E-state index in [4.69, 9.17) is 0 Å². The number of hydrogen-bond acceptors (Lipinski definition) is 2. The maximum absolute atomic E-state index is 2.08. The molecule has 0 heterocycles. The van der Waals surface area contributed by atoms with Gasteiger partial charge in [-0.05, 0) is 38.4 Å². The summed E-state index contributed by atoms with van der Waals surface area (Å²) in [5.41, 5.74) is 2.50. The molecule has 2 rings (SSSR count). The first-order valence-corrected chi connectivity index (χ1v) is 6.06. The number of benzene rings is 2. The second kappa shape index (κ2) is 11.6. The van der Waals surface area contributed by atoms with E-state index in [1.54, 1.807) is 0 Å². The van der Waals surface area contributed by atoms with Crippen LogP contribution in [0.15, 0.2) is 60.7 Å². The van der Waals surface area contributed by atoms with Gasteiger partial charge in [-0.25, -0.2) is 0 Å². The van der Waals surface area contributed by atoms with Crippen LogP contribution in [-0.4, -0.2) is 30.1 Å². The van der Waals surface area contributed by atoms with E-state index in [0.29, 0.717) is 0 Å². The van der Waals surface area contributed by atoms with Crippen molar-refractivity contribution in [1.82, 2.24) is 0 Å². The Morgan fingerprint density at radius 2 is 0.850 bits per heavy atom. The van der Waals surface area contributed by atoms with Gasteiger partial charge in [0.2, 0.25) is 16.0 Å². The van der Waals surface area contributed by atoms with Crippen molar-refractivity contribution in [3.63, 3.8) is 0 Å². The standard InChI is InChI=1S/2C7H10BN.2ClH/c2*1-9(8)7-5-3-2-4-6-7;;/h2*2-6H,8H2,1H3;2*1H. The van der Waals surface area contributed by atoms with Crippen molar-refractivity contribution < 1.29 is 0 Å². The molecule has 0 aliphatic heterocycles. The summed E-state index contributed by atoms with van der Waals surface area (Å²) in [5, 5.41) is 0. The van der Waals surface area contributed by atoms with Crippen LogP contribution in [0.5, 0.6) is 0 Å². The summed E-state index contributed by atoms with van der Waals surface area (Å²) in [7, 11) is 8.15. The molecular weight excluding hydrogens is 289 g/mol. The topological polar surface area (TPSA) is 6.48 Å². The van der Waals surface area contributed by atoms with Crippen LogP contribution in [0.25, 0.3) is 0 Å². The van der Waals surface area contributed by atoms with Crippen LogP contribution in [0.3, 0.4) is 0 Å². The van der Waals surface area contributed by atoms with E-state index in [-0.39, 0.29) is 24.8 Å². The summed E-state index contributed by atoms with van der Waals surface area (Å²) in [6, 6.07) is 20.5. The van der Waals surface area contributed by atoms with Crippen molar-refractivity contribution >= 4 is 52.2 Å². The van der Waals surface area contributed by atoms with Gasteiger partial charge in [-0.2, -0.15) is 0 Å². The second-order valence-electron chi connectivity index (χ2n) is 4.46. The number of halogens is 2. The van der Waals surface area contributed by atoms with Crippen LogP contribution in [0, 0.1) is 0 Å². The molecule has 0 bridgehead atoms. The van der Waals surface area contributed by atoms with E-state index in [1.165, 1.54) is 11.4 Å². The lowest BCUT2D eigenvalue weighted by Crippen LogP contribution is -2.10. The Kier molecular flexibility index (Phi) is 12.2. The summed E-state index contributed by atoms with van der Waals surface area (Å²) < 4.78 is 0. The molecule has 0 aliphatic rings. The Balaban J connectivity index is 0. The van der Waals surface area contributed by atoms with Crippen LogP contribution >= 0.6 is 24.8 Å². The first-order chi connectivity index (χ1) is 8.61. The molecule has 0 radical (unpaired) electrons. The van der Waals surface area contributed by atoms with Gasteiger partial charge in [0, 0.05) is 11.4 Å². The lowest BCUT2D eigenvalue weighted by molar-refractivity contribution is 1.34. The molecule has 0 N–H and O–H groups in total. The van der Waals surface area contributed by atoms with Gasteiger partial charge in [0.1, 0.15) is 0 Å². The van der Waals surface area contributed by atoms with Crippen molar-refractivity contribution in [3.8, 4) is 0 Å². The number of hydrogen-bond donors (Lipinski definition) is 0. The molecule has 0 unspecified atom stereocenters. The fourth-order valence-electron chi connectivity index (χ4n) is 1.45. The van der Waals surface area contributed by atoms with Crippen molar-refractivity contribution in [1.29, 1.82) is 0 Å². The van der Waals surface area contributed by atoms with Gasteiger partial charge in [0.25, 0.3) is 0 Å². The Morgan fingerprint density at radius 1 is 0.600 bits per heavy atom. The molecule has 2 nitrogen and oxygen atoms in total. The van der Waals surface area contributed by atoms with E-state index >= 15 is 0 Å². The highest BCUT2D eigenvalue weighted by Gasteiger charge is 1.88. The van der Waals surface area contributed by atoms with Crippen LogP contribution in [0.4, 0.5) is 11.4 Å². The number of rotatable bonds is 2. The van der Waals surface area contributed by atoms with Crippen molar-refractivity contribution in [2.45, 2.75) is 0 Å². The van der Waals surface area contributed by atoms with E-state index in [1.807, 2.05) is 66.5 Å². The molecule has 20 heavy (non-hydrogen) atoms. The molecule has 0 spiro atoms. The SMILES string of the molecule is BN(C)c1ccccc1.BN(C)c1ccccc1.Cl.Cl. The number of anilines is 2. The minimum atomic E-state index is 0. The van der Waals surface area contributed by atoms with Crippen LogP contribution < -0.4 is 9.62 Å². The number of nitrogens with zero attached hydrogens (tertiary/aromatic N) is 2. The maximum Gasteiger partial charge on any atom is 0.217 e. The van der Waals surface area contributed by atoms with E-state index in [2.05, 4.69) is 33.9 Å². The van der Waals surface area contributed by atoms with Gasteiger partial charge in [-0.3, -0.25) is 0 Å². The third kappa shape index (κ3) is 8.03. The Bertz CT molecular complexity index is 396. The van der Waals surface area contributed by atoms with Crippen molar-refractivity contribution in [2.75, 3.05) is 23.7 Å². The van der Waals surface area contributed by atoms with Gasteiger partial charge in [-0.1, -0.05) is 36.4 Å². The van der Waals surface area contributed by atoms with Gasteiger partial charge in [-0.15, -0.1) is 24.8 Å². The fourth-order valence-corrected chi connectivity index (χ4v) is 1.45. The van der Waals surface area contributed by atoms with E-state index < -0.39 is 0 Å². The zero-order chi connectivity index (χ0) is 13.4. The highest BCUT2D eigenvalue weighted by Crippen LogP contribution is 2.07. The molecule has 0 aliphatic carbocycles. The average Bonchev–Trinajstić information content (AvgIpc) is 2.41. The molecule has 2 aromatic carbocycles. The lowest BCUT2D eigenvalue weighted by Gasteiger charge is -2.11. The summed E-state index contributed by atoms with van der Waals surface area (Å²) >= 11 is 0. The lowest BCUT2D eigenvalue weighted by atomic mass is 10.2. The first kappa shape index (κ1) is 21.1. The summed E-state index contributed by atoms with van der Waals surface area (Å²) in [6.07, 6.45) is 0. The maximum atomic E-state index is 2.08. The van der Waals surface area contributed by atoms with E-state index in [9.17, 15) is 0 Å². The zero-order valence-corrected chi connectivity index (χ0v) is 14.1. The molecule has 108 valence electrons. The Morgan fingerprint density at radius 3 is 1.00 bits per heavy atom. The first-order valence-electron chi connectivity index (χ1n) is 6.06. The Labute approximate surface area is 136 Å². The highest BCUT2D eigenvalue weighted by molar-refractivity contribution is 6.17. The van der Waals surface area contributed by atoms with E-state index in [0.717, 1.165) is 0 Å². The molecular formula is C14H22B2Cl2N2. The highest BCUT2D eigenvalue weighted by atomic mass is 35.5. The molecule has 0 atom stereocenters. The van der Waals surface area contributed by atoms with Crippen LogP contribution in [0.1, 0.15) is 0 Å². The molecule has 0 saturated carbocycles. The zero-order valence-electron chi connectivity index (χ0n) is 12.5. The van der Waals surface area contributed by atoms with Gasteiger partial charge in [0.05, 0.1) is 0 Å². The fraction of sp³-hybridized carbons (Fsp3) is 0.143. The third-order valence-corrected chi connectivity index (χ3v) is 2.55. The largest absolute Gasteiger partial charge is 0.424 e. The second-order valence-corrected chi connectivity index (χ2v) is 4.46. The summed E-state index contributed by atoms with van der Waals surface area (Å²) in [4.78, 5) is 4.17. The smallest absolute Gasteiger partial charge is 0.217 e. The monoisotopic (exact) mass is 310 g/mol. The van der Waals surface area contributed by atoms with Gasteiger partial charge in [0.15, 0.2) is 0 Å². The van der Waals surface area contributed by atoms with Crippen LogP contribution in [0.2, 0.25) is 0 Å². The van der Waals surface area contributed by atoms with Crippen molar-refractivity contribution in [2.24, 2.45) is 0 Å². The third-order valence-electron chi connectivity index (χ3n) is 2.55. The van der Waals surface area contributed by atoms with Crippen LogP contribution in [-0.2, 0) is 0 Å². The van der Waals surface area contributed by atoms with Gasteiger partial charge < -0.3 is 9.62 Å². The predicted molar refractivity (Wildman–Crippen MR) is 101 cm³/mol. The van der Waals surface area contributed by atoms with Gasteiger partial charge >= 0.3 is 0 Å². The quantitative estimate of drug-likeness (QED) is 0.785. The molecule has 0 amide bonds. The molecule has 6 heteroatoms. The predicted octanol–water partition coefficient (Wildman–Crippen LogP) is 2.19. The molecule has 0 aromatic heterocycles. The minimum Gasteiger partial charge on any atom is -0.424 e. The molecule has 0 fully saturated rings. The molecule has 0 saturated heterocycles. The summed E-state index contributed by atoms with van der Waals surface area (Å²) in [5.74, 6) is 0. The number of para-hydroxylation sites is 2. The normalized spacial score (nSPS) is 8.10. The minimum absolute atomic E-state index is 0. The molecule has 2 aromatic rings. The summed E-state index contributed by atoms with van der Waals surface area (Å²) in [6.45, 7) is 0. The van der Waals surface area contributed by atoms with Crippen molar-refractivity contribution in [3.05, 3.63) is 60.7 Å². The average molecular weight is 311 g/mol.